The SMILES string of the molecule is CC1=C2C[C@H]3[C@H](C[C@]2(C)CCC1)OC(=O)[C@H]3C[NH+]1CCN(c2cccc(C)c2C)CC1. The smallest absolute Gasteiger partial charge is 0.315 e. The van der Waals surface area contributed by atoms with Crippen LogP contribution in [-0.2, 0) is 9.53 Å². The van der Waals surface area contributed by atoms with Crippen LogP contribution in [0.4, 0.5) is 5.69 Å². The lowest BCUT2D eigenvalue weighted by molar-refractivity contribution is -0.903. The number of nitrogens with one attached hydrogen (secondary N) is 1. The van der Waals surface area contributed by atoms with Crippen LogP contribution >= 0.6 is 0 Å². The molecule has 0 aromatic heterocycles. The van der Waals surface area contributed by atoms with Gasteiger partial charge in [-0.25, -0.2) is 0 Å². The second-order valence-corrected chi connectivity index (χ2v) is 11.0. The Bertz CT molecular complexity index is 898. The van der Waals surface area contributed by atoms with Crippen LogP contribution in [0, 0.1) is 31.1 Å². The average Bonchev–Trinajstić information content (AvgIpc) is 3.03. The first-order valence-corrected chi connectivity index (χ1v) is 12.4. The summed E-state index contributed by atoms with van der Waals surface area (Å²) in [5, 5.41) is 0. The van der Waals surface area contributed by atoms with Crippen molar-refractivity contribution in [2.24, 2.45) is 17.3 Å². The maximum Gasteiger partial charge on any atom is 0.315 e. The van der Waals surface area contributed by atoms with Crippen molar-refractivity contribution in [3.63, 3.8) is 0 Å². The Morgan fingerprint density at radius 2 is 1.97 bits per heavy atom. The Labute approximate surface area is 187 Å². The van der Waals surface area contributed by atoms with Gasteiger partial charge in [0.1, 0.15) is 12.0 Å². The number of hydrogen-bond donors (Lipinski definition) is 1. The third-order valence-electron chi connectivity index (χ3n) is 9.08. The molecule has 4 aliphatic rings. The number of carbonyl (C=O) groups excluding carboxylic acids is 1. The maximum absolute atomic E-state index is 12.9. The first-order chi connectivity index (χ1) is 14.9. The molecule has 4 nitrogen and oxygen atoms in total. The first kappa shape index (κ1) is 21.1. The van der Waals surface area contributed by atoms with E-state index in [2.05, 4.69) is 50.8 Å². The number of fused-ring (bicyclic) bond motifs is 2. The molecule has 0 spiro atoms. The fraction of sp³-hybridized carbons (Fsp3) is 0.667. The minimum absolute atomic E-state index is 0.0824. The van der Waals surface area contributed by atoms with Crippen molar-refractivity contribution < 1.29 is 14.4 Å². The van der Waals surface area contributed by atoms with Gasteiger partial charge in [0.25, 0.3) is 0 Å². The molecule has 1 saturated carbocycles. The Morgan fingerprint density at radius 1 is 1.19 bits per heavy atom. The van der Waals surface area contributed by atoms with Gasteiger partial charge < -0.3 is 14.5 Å². The van der Waals surface area contributed by atoms with E-state index in [1.165, 1.54) is 36.1 Å². The van der Waals surface area contributed by atoms with Crippen LogP contribution in [0.5, 0.6) is 0 Å². The Hall–Kier alpha value is -1.81. The van der Waals surface area contributed by atoms with Gasteiger partial charge in [0.2, 0.25) is 0 Å². The normalized spacial score (nSPS) is 33.9. The number of benzene rings is 1. The fourth-order valence-electron chi connectivity index (χ4n) is 7.00. The van der Waals surface area contributed by atoms with Crippen molar-refractivity contribution in [1.82, 2.24) is 0 Å². The second kappa shape index (κ2) is 7.95. The van der Waals surface area contributed by atoms with Gasteiger partial charge >= 0.3 is 5.97 Å². The standard InChI is InChI=1S/C27H38N2O2/c1-18-7-5-9-24(20(18)3)29-13-11-28(12-14-29)17-22-21-15-23-19(2)8-6-10-27(23,4)16-25(21)31-26(22)30/h5,7,9,21-22,25H,6,8,10-17H2,1-4H3/p+1/t21-,22+,25+,27+/m1/s1. The number of aryl methyl sites for hydroxylation is 1. The molecule has 4 heteroatoms. The molecule has 2 saturated heterocycles. The molecule has 1 aromatic carbocycles. The van der Waals surface area contributed by atoms with Crippen molar-refractivity contribution in [3.05, 3.63) is 40.5 Å². The monoisotopic (exact) mass is 423 g/mol. The number of anilines is 1. The van der Waals surface area contributed by atoms with Gasteiger partial charge in [0, 0.05) is 11.6 Å². The third-order valence-corrected chi connectivity index (χ3v) is 9.08. The summed E-state index contributed by atoms with van der Waals surface area (Å²) in [4.78, 5) is 17.0. The minimum Gasteiger partial charge on any atom is -0.462 e. The fourth-order valence-corrected chi connectivity index (χ4v) is 7.00. The van der Waals surface area contributed by atoms with Crippen molar-refractivity contribution in [1.29, 1.82) is 0 Å². The van der Waals surface area contributed by atoms with Gasteiger partial charge in [-0.3, -0.25) is 4.79 Å². The van der Waals surface area contributed by atoms with Crippen LogP contribution in [0.1, 0.15) is 57.1 Å². The molecule has 0 radical (unpaired) electrons. The first-order valence-electron chi connectivity index (χ1n) is 12.4. The molecular weight excluding hydrogens is 384 g/mol. The summed E-state index contributed by atoms with van der Waals surface area (Å²) in [7, 11) is 0. The molecule has 168 valence electrons. The van der Waals surface area contributed by atoms with Gasteiger partial charge in [0.15, 0.2) is 0 Å². The molecule has 4 atom stereocenters. The van der Waals surface area contributed by atoms with Gasteiger partial charge in [-0.05, 0) is 75.5 Å². The molecule has 31 heavy (non-hydrogen) atoms. The molecular formula is C27H39N2O2+. The molecule has 5 rings (SSSR count). The van der Waals surface area contributed by atoms with Gasteiger partial charge in [-0.1, -0.05) is 30.2 Å². The third kappa shape index (κ3) is 3.71. The van der Waals surface area contributed by atoms with Crippen molar-refractivity contribution >= 4 is 11.7 Å². The summed E-state index contributed by atoms with van der Waals surface area (Å²) in [6, 6.07) is 6.62. The van der Waals surface area contributed by atoms with E-state index in [9.17, 15) is 4.79 Å². The number of allylic oxidation sites excluding steroid dienone is 2. The zero-order valence-corrected chi connectivity index (χ0v) is 19.8. The molecule has 0 bridgehead atoms. The zero-order valence-electron chi connectivity index (χ0n) is 19.8. The Balaban J connectivity index is 1.25. The Kier molecular flexibility index (Phi) is 5.40. The quantitative estimate of drug-likeness (QED) is 0.597. The van der Waals surface area contributed by atoms with E-state index in [1.54, 1.807) is 16.0 Å². The molecule has 1 aromatic rings. The lowest BCUT2D eigenvalue weighted by Gasteiger charge is -2.45. The molecule has 2 heterocycles. The highest BCUT2D eigenvalue weighted by Crippen LogP contribution is 2.54. The van der Waals surface area contributed by atoms with Crippen molar-refractivity contribution in [3.8, 4) is 0 Å². The predicted molar refractivity (Wildman–Crippen MR) is 124 cm³/mol. The van der Waals surface area contributed by atoms with E-state index in [-0.39, 0.29) is 23.4 Å². The predicted octanol–water partition coefficient (Wildman–Crippen LogP) is 3.47. The van der Waals surface area contributed by atoms with Crippen molar-refractivity contribution in [2.45, 2.75) is 65.9 Å². The summed E-state index contributed by atoms with van der Waals surface area (Å²) in [5.74, 6) is 0.562. The number of esters is 1. The van der Waals surface area contributed by atoms with Gasteiger partial charge in [-0.2, -0.15) is 0 Å². The van der Waals surface area contributed by atoms with Crippen LogP contribution in [0.15, 0.2) is 29.3 Å². The number of hydrogen-bond acceptors (Lipinski definition) is 3. The average molecular weight is 424 g/mol. The number of quaternary nitrogens is 1. The lowest BCUT2D eigenvalue weighted by Crippen LogP contribution is -3.15. The minimum atomic E-state index is 0.0824. The van der Waals surface area contributed by atoms with Gasteiger partial charge in [-0.15, -0.1) is 0 Å². The number of piperazine rings is 1. The summed E-state index contributed by atoms with van der Waals surface area (Å²) in [6.45, 7) is 14.5. The Morgan fingerprint density at radius 3 is 2.74 bits per heavy atom. The summed E-state index contributed by atoms with van der Waals surface area (Å²) < 4.78 is 6.00. The van der Waals surface area contributed by atoms with E-state index in [4.69, 9.17) is 4.74 Å². The second-order valence-electron chi connectivity index (χ2n) is 11.0. The van der Waals surface area contributed by atoms with Crippen LogP contribution < -0.4 is 9.80 Å². The van der Waals surface area contributed by atoms with Crippen LogP contribution in [0.2, 0.25) is 0 Å². The highest BCUT2D eigenvalue weighted by Gasteiger charge is 2.54. The van der Waals surface area contributed by atoms with E-state index in [1.807, 2.05) is 0 Å². The number of carbonyl (C=O) groups is 1. The largest absolute Gasteiger partial charge is 0.462 e. The van der Waals surface area contributed by atoms with Crippen LogP contribution in [0.3, 0.4) is 0 Å². The van der Waals surface area contributed by atoms with Gasteiger partial charge in [0.05, 0.1) is 32.7 Å². The van der Waals surface area contributed by atoms with Crippen LogP contribution in [0.25, 0.3) is 0 Å². The summed E-state index contributed by atoms with van der Waals surface area (Å²) in [5.41, 5.74) is 7.67. The van der Waals surface area contributed by atoms with E-state index in [0.717, 1.165) is 45.6 Å². The molecule has 2 aliphatic carbocycles. The highest BCUT2D eigenvalue weighted by molar-refractivity contribution is 5.75. The van der Waals surface area contributed by atoms with E-state index < -0.39 is 0 Å². The van der Waals surface area contributed by atoms with E-state index >= 15 is 0 Å². The van der Waals surface area contributed by atoms with Crippen LogP contribution in [-0.4, -0.2) is 44.8 Å². The van der Waals surface area contributed by atoms with Crippen molar-refractivity contribution in [2.75, 3.05) is 37.6 Å². The summed E-state index contributed by atoms with van der Waals surface area (Å²) >= 11 is 0. The lowest BCUT2D eigenvalue weighted by atomic mass is 9.59. The molecule has 3 fully saturated rings. The highest BCUT2D eigenvalue weighted by atomic mass is 16.6. The molecule has 0 unspecified atom stereocenters. The number of ether oxygens (including phenoxy) is 1. The molecule has 0 amide bonds. The molecule has 2 aliphatic heterocycles. The summed E-state index contributed by atoms with van der Waals surface area (Å²) in [6.07, 6.45) is 6.07. The number of nitrogens with zero attached hydrogens (tertiary/aromatic N) is 1. The van der Waals surface area contributed by atoms with E-state index in [0.29, 0.717) is 5.92 Å². The molecule has 1 N–H and O–H groups in total. The number of rotatable bonds is 3. The maximum atomic E-state index is 12.9. The topological polar surface area (TPSA) is 34.0 Å². The zero-order chi connectivity index (χ0) is 21.8.